The van der Waals surface area contributed by atoms with Crippen molar-refractivity contribution in [3.63, 3.8) is 0 Å². The van der Waals surface area contributed by atoms with E-state index >= 15 is 0 Å². The van der Waals surface area contributed by atoms with Gasteiger partial charge in [0.25, 0.3) is 0 Å². The monoisotopic (exact) mass is 1230 g/mol. The van der Waals surface area contributed by atoms with Crippen molar-refractivity contribution in [1.29, 1.82) is 0 Å². The molecule has 1 heterocycles. The van der Waals surface area contributed by atoms with Crippen LogP contribution < -0.4 is 0 Å². The molecule has 0 amide bonds. The topological polar surface area (TPSA) is 4.93 Å². The molecule has 93 heavy (non-hydrogen) atoms. The highest BCUT2D eigenvalue weighted by Gasteiger charge is 2.44. The lowest BCUT2D eigenvalue weighted by Gasteiger charge is -2.33. The Bertz CT molecular complexity index is 4040. The number of benzene rings is 9. The number of rotatable bonds is 34. The SMILES string of the molecule is CCCCCCCCC1(CCCCCCCC)c2cc(C)ccc2-c2ccc(-c3cc(-c4ccc5c(c4)C(CCCCCCCC)(CCCCCCCC)c4cc(-c6ccc(/C=C/c7ccc(C)cc7)cc6)ccc4-5)cc(-n4c5ccccc5c5ccccc54)c3)cc21. The number of fused-ring (bicyclic) bond motifs is 9. The first-order valence-corrected chi connectivity index (χ1v) is 37.3. The van der Waals surface area contributed by atoms with Gasteiger partial charge in [0.05, 0.1) is 11.0 Å². The summed E-state index contributed by atoms with van der Waals surface area (Å²) >= 11 is 0. The van der Waals surface area contributed by atoms with Gasteiger partial charge >= 0.3 is 0 Å². The van der Waals surface area contributed by atoms with Gasteiger partial charge in [-0.2, -0.15) is 0 Å². The predicted octanol–water partition coefficient (Wildman–Crippen LogP) is 28.1. The van der Waals surface area contributed by atoms with E-state index in [9.17, 15) is 0 Å². The van der Waals surface area contributed by atoms with Gasteiger partial charge in [0.2, 0.25) is 0 Å². The summed E-state index contributed by atoms with van der Waals surface area (Å²) in [5.41, 5.74) is 28.7. The Labute approximate surface area is 561 Å². The number of aromatic nitrogens is 1. The lowest BCUT2D eigenvalue weighted by Crippen LogP contribution is -2.25. The van der Waals surface area contributed by atoms with E-state index in [1.165, 1.54) is 285 Å². The van der Waals surface area contributed by atoms with E-state index in [0.717, 1.165) is 0 Å². The van der Waals surface area contributed by atoms with Crippen LogP contribution in [0.15, 0.2) is 188 Å². The number of aryl methyl sites for hydroxylation is 2. The molecule has 0 unspecified atom stereocenters. The smallest absolute Gasteiger partial charge is 0.0541 e. The molecule has 0 spiro atoms. The third-order valence-corrected chi connectivity index (χ3v) is 21.9. The molecule has 0 N–H and O–H groups in total. The van der Waals surface area contributed by atoms with E-state index in [1.807, 2.05) is 0 Å². The van der Waals surface area contributed by atoms with Crippen molar-refractivity contribution in [3.8, 4) is 61.3 Å². The normalized spacial score (nSPS) is 13.5. The van der Waals surface area contributed by atoms with Crippen molar-refractivity contribution in [2.24, 2.45) is 0 Å². The Kier molecular flexibility index (Phi) is 22.0. The fraction of sp³-hybridized carbons (Fsp3) is 0.391. The molecular weight excluding hydrogens is 1120 g/mol. The van der Waals surface area contributed by atoms with Crippen LogP contribution in [0.25, 0.3) is 95.3 Å². The minimum Gasteiger partial charge on any atom is -0.309 e. The van der Waals surface area contributed by atoms with E-state index in [0.29, 0.717) is 0 Å². The molecule has 0 fully saturated rings. The van der Waals surface area contributed by atoms with Gasteiger partial charge in [0.15, 0.2) is 0 Å². The Morgan fingerprint density at radius 2 is 0.602 bits per heavy atom. The van der Waals surface area contributed by atoms with Crippen LogP contribution in [-0.4, -0.2) is 4.57 Å². The zero-order valence-electron chi connectivity index (χ0n) is 57.8. The molecule has 1 aromatic heterocycles. The van der Waals surface area contributed by atoms with Crippen LogP contribution in [0, 0.1) is 13.8 Å². The molecule has 1 nitrogen and oxygen atoms in total. The highest BCUT2D eigenvalue weighted by atomic mass is 15.0. The highest BCUT2D eigenvalue weighted by Crippen LogP contribution is 2.58. The molecular formula is C92H107N. The third-order valence-electron chi connectivity index (χ3n) is 21.9. The van der Waals surface area contributed by atoms with Crippen molar-refractivity contribution >= 4 is 34.0 Å². The van der Waals surface area contributed by atoms with E-state index in [2.05, 4.69) is 246 Å². The van der Waals surface area contributed by atoms with Crippen LogP contribution in [0.4, 0.5) is 0 Å². The van der Waals surface area contributed by atoms with Gasteiger partial charge in [0, 0.05) is 27.3 Å². The first-order chi connectivity index (χ1) is 45.7. The molecule has 0 bridgehead atoms. The van der Waals surface area contributed by atoms with Crippen LogP contribution >= 0.6 is 0 Å². The van der Waals surface area contributed by atoms with Crippen molar-refractivity contribution < 1.29 is 0 Å². The Morgan fingerprint density at radius 3 is 1.01 bits per heavy atom. The molecule has 480 valence electrons. The van der Waals surface area contributed by atoms with Crippen molar-refractivity contribution in [1.82, 2.24) is 4.57 Å². The minimum absolute atomic E-state index is 0.0115. The van der Waals surface area contributed by atoms with Crippen LogP contribution in [0.2, 0.25) is 0 Å². The van der Waals surface area contributed by atoms with Gasteiger partial charge in [-0.15, -0.1) is 0 Å². The van der Waals surface area contributed by atoms with Crippen molar-refractivity contribution in [2.75, 3.05) is 0 Å². The van der Waals surface area contributed by atoms with E-state index in [4.69, 9.17) is 0 Å². The number of hydrogen-bond acceptors (Lipinski definition) is 0. The highest BCUT2D eigenvalue weighted by molar-refractivity contribution is 6.09. The molecule has 12 rings (SSSR count). The first kappa shape index (κ1) is 65.6. The summed E-state index contributed by atoms with van der Waals surface area (Å²) in [4.78, 5) is 0. The quantitative estimate of drug-likeness (QED) is 0.0280. The molecule has 10 aromatic rings. The van der Waals surface area contributed by atoms with Crippen molar-refractivity contribution in [3.05, 3.63) is 233 Å². The summed E-state index contributed by atoms with van der Waals surface area (Å²) in [7, 11) is 0. The average Bonchev–Trinajstić information content (AvgIpc) is 1.58. The maximum absolute atomic E-state index is 2.71. The second-order valence-electron chi connectivity index (χ2n) is 28.6. The maximum atomic E-state index is 2.71. The van der Waals surface area contributed by atoms with Crippen LogP contribution in [0.3, 0.4) is 0 Å². The van der Waals surface area contributed by atoms with Gasteiger partial charge in [-0.3, -0.25) is 0 Å². The lowest BCUT2D eigenvalue weighted by molar-refractivity contribution is 0.398. The lowest BCUT2D eigenvalue weighted by atomic mass is 9.70. The van der Waals surface area contributed by atoms with Gasteiger partial charge in [-0.25, -0.2) is 0 Å². The number of unbranched alkanes of at least 4 members (excludes halogenated alkanes) is 20. The second-order valence-corrected chi connectivity index (χ2v) is 28.6. The number of hydrogen-bond donors (Lipinski definition) is 0. The Balaban J connectivity index is 1.000. The largest absolute Gasteiger partial charge is 0.309 e. The zero-order chi connectivity index (χ0) is 64.0. The van der Waals surface area contributed by atoms with Gasteiger partial charge in [0.1, 0.15) is 0 Å². The standard InChI is InChI=1S/C92H107N/c1-7-11-15-19-23-31-57-91(58-32-24-20-16-12-8-2)85-61-69(6)41-53-79(85)80-55-51-74(66-87(80)91)76-62-77(64-78(63-76)93-89-37-29-27-35-83(89)84-36-28-30-38-90(84)93)75-52-56-82-81-54-50-73(72-48-46-71(47-49-72)45-44-70-42-39-68(5)40-43-70)65-86(81)92(88(82)67-75,59-33-25-21-17-13-9-3)60-34-26-22-18-14-10-4/h27-30,35-56,61-67H,7-26,31-34,57-60H2,1-6H3/b45-44+. The fourth-order valence-electron chi connectivity index (χ4n) is 16.7. The molecule has 0 radical (unpaired) electrons. The molecule has 0 saturated heterocycles. The summed E-state index contributed by atoms with van der Waals surface area (Å²) in [6, 6.07) is 74.5. The average molecular weight is 1230 g/mol. The van der Waals surface area contributed by atoms with Crippen molar-refractivity contribution in [2.45, 2.75) is 232 Å². The van der Waals surface area contributed by atoms with Gasteiger partial charge < -0.3 is 4.57 Å². The predicted molar refractivity (Wildman–Crippen MR) is 406 cm³/mol. The van der Waals surface area contributed by atoms with E-state index in [-0.39, 0.29) is 10.8 Å². The summed E-state index contributed by atoms with van der Waals surface area (Å²) in [6.07, 6.45) is 40.6. The van der Waals surface area contributed by atoms with Crippen LogP contribution in [0.5, 0.6) is 0 Å². The molecule has 2 aliphatic rings. The molecule has 0 atom stereocenters. The van der Waals surface area contributed by atoms with Gasteiger partial charge in [-0.05, 0) is 177 Å². The zero-order valence-corrected chi connectivity index (χ0v) is 57.8. The number of para-hydroxylation sites is 2. The maximum Gasteiger partial charge on any atom is 0.0541 e. The van der Waals surface area contributed by atoms with Crippen LogP contribution in [-0.2, 0) is 10.8 Å². The Hall–Kier alpha value is -7.48. The summed E-state index contributed by atoms with van der Waals surface area (Å²) in [5, 5.41) is 2.60. The first-order valence-electron chi connectivity index (χ1n) is 37.3. The molecule has 0 saturated carbocycles. The summed E-state index contributed by atoms with van der Waals surface area (Å²) in [6.45, 7) is 13.9. The fourth-order valence-corrected chi connectivity index (χ4v) is 16.7. The van der Waals surface area contributed by atoms with E-state index in [1.54, 1.807) is 22.3 Å². The molecule has 0 aliphatic heterocycles. The summed E-state index contributed by atoms with van der Waals surface area (Å²) < 4.78 is 2.57. The molecule has 9 aromatic carbocycles. The van der Waals surface area contributed by atoms with E-state index < -0.39 is 0 Å². The second kappa shape index (κ2) is 31.2. The molecule has 2 aliphatic carbocycles. The third kappa shape index (κ3) is 14.5. The van der Waals surface area contributed by atoms with Gasteiger partial charge in [-0.1, -0.05) is 345 Å². The Morgan fingerprint density at radius 1 is 0.280 bits per heavy atom. The minimum atomic E-state index is -0.0983. The summed E-state index contributed by atoms with van der Waals surface area (Å²) in [5.74, 6) is 0. The molecule has 1 heteroatoms. The number of nitrogens with zero attached hydrogens (tertiary/aromatic N) is 1. The van der Waals surface area contributed by atoms with Crippen LogP contribution in [0.1, 0.15) is 252 Å².